The maximum absolute atomic E-state index is 13.8. The maximum Gasteiger partial charge on any atom is 0.254 e. The molecule has 0 bridgehead atoms. The summed E-state index contributed by atoms with van der Waals surface area (Å²) in [4.78, 5) is 27.7. The summed E-state index contributed by atoms with van der Waals surface area (Å²) in [6.45, 7) is 0.314. The SMILES string of the molecule is NC(=O)c1ccc(F)c(C(=O)NCCc2cccc3cccnc23)c1. The highest BCUT2D eigenvalue weighted by Crippen LogP contribution is 2.16. The molecular weight excluding hydrogens is 321 g/mol. The second kappa shape index (κ2) is 7.09. The number of hydrogen-bond donors (Lipinski definition) is 2. The first-order chi connectivity index (χ1) is 12.1. The molecule has 3 rings (SSSR count). The third-order valence-corrected chi connectivity index (χ3v) is 3.89. The first-order valence-electron chi connectivity index (χ1n) is 7.76. The summed E-state index contributed by atoms with van der Waals surface area (Å²) in [5, 5.41) is 3.68. The Hall–Kier alpha value is -3.28. The highest BCUT2D eigenvalue weighted by Gasteiger charge is 2.14. The molecule has 0 aliphatic heterocycles. The van der Waals surface area contributed by atoms with Gasteiger partial charge in [0.1, 0.15) is 5.82 Å². The largest absolute Gasteiger partial charge is 0.366 e. The molecule has 0 spiro atoms. The molecule has 0 fully saturated rings. The van der Waals surface area contributed by atoms with E-state index in [4.69, 9.17) is 5.73 Å². The van der Waals surface area contributed by atoms with Gasteiger partial charge in [0.05, 0.1) is 11.1 Å². The van der Waals surface area contributed by atoms with Crippen molar-refractivity contribution in [2.45, 2.75) is 6.42 Å². The number of primary amides is 1. The molecule has 0 aliphatic carbocycles. The number of halogens is 1. The summed E-state index contributed by atoms with van der Waals surface area (Å²) in [5.41, 5.74) is 6.91. The molecule has 3 N–H and O–H groups in total. The van der Waals surface area contributed by atoms with Crippen LogP contribution in [0.2, 0.25) is 0 Å². The summed E-state index contributed by atoms with van der Waals surface area (Å²) in [6, 6.07) is 13.1. The van der Waals surface area contributed by atoms with E-state index < -0.39 is 17.6 Å². The van der Waals surface area contributed by atoms with Crippen LogP contribution in [0.3, 0.4) is 0 Å². The number of carbonyl (C=O) groups excluding carboxylic acids is 2. The summed E-state index contributed by atoms with van der Waals surface area (Å²) in [7, 11) is 0. The molecule has 0 unspecified atom stereocenters. The number of nitrogens with zero attached hydrogens (tertiary/aromatic N) is 1. The van der Waals surface area contributed by atoms with Crippen LogP contribution >= 0.6 is 0 Å². The monoisotopic (exact) mass is 337 g/mol. The minimum Gasteiger partial charge on any atom is -0.366 e. The summed E-state index contributed by atoms with van der Waals surface area (Å²) < 4.78 is 13.8. The second-order valence-electron chi connectivity index (χ2n) is 5.56. The normalized spacial score (nSPS) is 10.6. The van der Waals surface area contributed by atoms with Gasteiger partial charge < -0.3 is 11.1 Å². The van der Waals surface area contributed by atoms with Crippen LogP contribution in [-0.2, 0) is 6.42 Å². The van der Waals surface area contributed by atoms with Crippen LogP contribution in [-0.4, -0.2) is 23.3 Å². The number of nitrogens with two attached hydrogens (primary N) is 1. The molecule has 0 radical (unpaired) electrons. The lowest BCUT2D eigenvalue weighted by molar-refractivity contribution is 0.0950. The van der Waals surface area contributed by atoms with Crippen molar-refractivity contribution < 1.29 is 14.0 Å². The Morgan fingerprint density at radius 1 is 1.12 bits per heavy atom. The molecule has 3 aromatic rings. The number of nitrogens with one attached hydrogen (secondary N) is 1. The number of carbonyl (C=O) groups is 2. The average molecular weight is 337 g/mol. The topological polar surface area (TPSA) is 85.1 Å². The van der Waals surface area contributed by atoms with E-state index >= 15 is 0 Å². The highest BCUT2D eigenvalue weighted by molar-refractivity contribution is 5.99. The van der Waals surface area contributed by atoms with Gasteiger partial charge in [-0.05, 0) is 36.2 Å². The number of rotatable bonds is 5. The molecule has 0 atom stereocenters. The standard InChI is InChI=1S/C19H16FN3O2/c20-16-7-6-14(18(21)24)11-15(16)19(25)23-10-8-13-4-1-3-12-5-2-9-22-17(12)13/h1-7,9,11H,8,10H2,(H2,21,24)(H,23,25). The van der Waals surface area contributed by atoms with Crippen molar-refractivity contribution in [2.75, 3.05) is 6.54 Å². The molecule has 2 amide bonds. The van der Waals surface area contributed by atoms with Gasteiger partial charge in [-0.25, -0.2) is 4.39 Å². The van der Waals surface area contributed by atoms with Crippen LogP contribution < -0.4 is 11.1 Å². The van der Waals surface area contributed by atoms with Crippen LogP contribution in [0.15, 0.2) is 54.7 Å². The second-order valence-corrected chi connectivity index (χ2v) is 5.56. The molecule has 1 aromatic heterocycles. The van der Waals surface area contributed by atoms with E-state index in [9.17, 15) is 14.0 Å². The predicted molar refractivity (Wildman–Crippen MR) is 92.7 cm³/mol. The fraction of sp³-hybridized carbons (Fsp3) is 0.105. The molecule has 0 saturated heterocycles. The molecule has 6 heteroatoms. The van der Waals surface area contributed by atoms with Gasteiger partial charge in [0.15, 0.2) is 0 Å². The fourth-order valence-electron chi connectivity index (χ4n) is 2.63. The summed E-state index contributed by atoms with van der Waals surface area (Å²) >= 11 is 0. The minimum atomic E-state index is -0.712. The Balaban J connectivity index is 1.71. The number of hydrogen-bond acceptors (Lipinski definition) is 3. The van der Waals surface area contributed by atoms with Crippen LogP contribution in [0.5, 0.6) is 0 Å². The maximum atomic E-state index is 13.8. The van der Waals surface area contributed by atoms with Gasteiger partial charge in [-0.3, -0.25) is 14.6 Å². The lowest BCUT2D eigenvalue weighted by Crippen LogP contribution is -2.27. The average Bonchev–Trinajstić information content (AvgIpc) is 2.62. The minimum absolute atomic E-state index is 0.0878. The third kappa shape index (κ3) is 3.63. The number of fused-ring (bicyclic) bond motifs is 1. The highest BCUT2D eigenvalue weighted by atomic mass is 19.1. The van der Waals surface area contributed by atoms with Crippen molar-refractivity contribution >= 4 is 22.7 Å². The number of aromatic nitrogens is 1. The zero-order valence-corrected chi connectivity index (χ0v) is 13.3. The van der Waals surface area contributed by atoms with E-state index in [1.807, 2.05) is 30.3 Å². The zero-order valence-electron chi connectivity index (χ0n) is 13.3. The molecule has 5 nitrogen and oxygen atoms in total. The number of para-hydroxylation sites is 1. The van der Waals surface area contributed by atoms with Gasteiger partial charge in [-0.1, -0.05) is 24.3 Å². The van der Waals surface area contributed by atoms with Gasteiger partial charge in [-0.15, -0.1) is 0 Å². The van der Waals surface area contributed by atoms with E-state index in [2.05, 4.69) is 10.3 Å². The Labute approximate surface area is 143 Å². The van der Waals surface area contributed by atoms with Gasteiger partial charge in [0.2, 0.25) is 5.91 Å². The van der Waals surface area contributed by atoms with Crippen molar-refractivity contribution in [3.05, 3.63) is 77.2 Å². The Kier molecular flexibility index (Phi) is 4.70. The molecule has 2 aromatic carbocycles. The van der Waals surface area contributed by atoms with Crippen LogP contribution in [0.25, 0.3) is 10.9 Å². The summed E-state index contributed by atoms with van der Waals surface area (Å²) in [5.74, 6) is -2.00. The third-order valence-electron chi connectivity index (χ3n) is 3.89. The van der Waals surface area contributed by atoms with Gasteiger partial charge >= 0.3 is 0 Å². The Morgan fingerprint density at radius 2 is 1.92 bits per heavy atom. The van der Waals surface area contributed by atoms with Crippen LogP contribution in [0.1, 0.15) is 26.3 Å². The molecule has 0 saturated carbocycles. The molecule has 126 valence electrons. The molecular formula is C19H16FN3O2. The number of amides is 2. The number of pyridine rings is 1. The van der Waals surface area contributed by atoms with Gasteiger partial charge in [0, 0.05) is 23.7 Å². The van der Waals surface area contributed by atoms with Crippen molar-refractivity contribution in [3.8, 4) is 0 Å². The first kappa shape index (κ1) is 16.6. The first-order valence-corrected chi connectivity index (χ1v) is 7.76. The van der Waals surface area contributed by atoms with E-state index in [1.54, 1.807) is 6.20 Å². The fourth-order valence-corrected chi connectivity index (χ4v) is 2.63. The van der Waals surface area contributed by atoms with Crippen molar-refractivity contribution in [1.29, 1.82) is 0 Å². The zero-order chi connectivity index (χ0) is 17.8. The van der Waals surface area contributed by atoms with E-state index in [1.165, 1.54) is 6.07 Å². The van der Waals surface area contributed by atoms with Crippen molar-refractivity contribution in [1.82, 2.24) is 10.3 Å². The molecule has 25 heavy (non-hydrogen) atoms. The van der Waals surface area contributed by atoms with Crippen LogP contribution in [0, 0.1) is 5.82 Å². The smallest absolute Gasteiger partial charge is 0.254 e. The lowest BCUT2D eigenvalue weighted by Gasteiger charge is -2.09. The van der Waals surface area contributed by atoms with Gasteiger partial charge in [0.25, 0.3) is 5.91 Å². The molecule has 0 aliphatic rings. The van der Waals surface area contributed by atoms with Crippen molar-refractivity contribution in [3.63, 3.8) is 0 Å². The quantitative estimate of drug-likeness (QED) is 0.750. The Bertz CT molecular complexity index is 951. The Morgan fingerprint density at radius 3 is 2.72 bits per heavy atom. The summed E-state index contributed by atoms with van der Waals surface area (Å²) in [6.07, 6.45) is 2.27. The lowest BCUT2D eigenvalue weighted by atomic mass is 10.1. The van der Waals surface area contributed by atoms with Crippen molar-refractivity contribution in [2.24, 2.45) is 5.73 Å². The number of benzene rings is 2. The van der Waals surface area contributed by atoms with E-state index in [0.717, 1.165) is 28.6 Å². The molecule has 1 heterocycles. The van der Waals surface area contributed by atoms with Crippen LogP contribution in [0.4, 0.5) is 4.39 Å². The van der Waals surface area contributed by atoms with E-state index in [0.29, 0.717) is 13.0 Å². The predicted octanol–water partition coefficient (Wildman–Crippen LogP) is 2.45. The van der Waals surface area contributed by atoms with E-state index in [-0.39, 0.29) is 11.1 Å². The van der Waals surface area contributed by atoms with Gasteiger partial charge in [-0.2, -0.15) is 0 Å².